The second-order valence-corrected chi connectivity index (χ2v) is 6.83. The van der Waals surface area contributed by atoms with E-state index in [1.54, 1.807) is 11.0 Å². The smallest absolute Gasteiger partial charge is 0.245 e. The van der Waals surface area contributed by atoms with Crippen molar-refractivity contribution in [2.75, 3.05) is 19.7 Å². The number of nitrogens with zero attached hydrogens (tertiary/aromatic N) is 1. The van der Waals surface area contributed by atoms with Gasteiger partial charge in [-0.1, -0.05) is 6.58 Å². The van der Waals surface area contributed by atoms with Crippen LogP contribution in [0.15, 0.2) is 29.3 Å². The lowest BCUT2D eigenvalue weighted by Crippen LogP contribution is -2.43. The zero-order chi connectivity index (χ0) is 17.3. The van der Waals surface area contributed by atoms with Crippen molar-refractivity contribution in [2.45, 2.75) is 18.9 Å². The molecular weight excluding hydrogens is 379 g/mol. The van der Waals surface area contributed by atoms with Crippen LogP contribution in [0.4, 0.5) is 4.39 Å². The minimum Gasteiger partial charge on any atom is -0.491 e. The fraction of sp³-hybridized carbons (Fsp3) is 0.412. The number of halogens is 2. The summed E-state index contributed by atoms with van der Waals surface area (Å²) in [6.07, 6.45) is 2.54. The van der Waals surface area contributed by atoms with E-state index in [9.17, 15) is 14.0 Å². The highest BCUT2D eigenvalue weighted by atomic mass is 79.9. The molecule has 2 aliphatic rings. The molecule has 1 saturated heterocycles. The zero-order valence-corrected chi connectivity index (χ0v) is 14.6. The molecule has 1 aromatic rings. The van der Waals surface area contributed by atoms with Gasteiger partial charge in [0.2, 0.25) is 11.8 Å². The van der Waals surface area contributed by atoms with Crippen LogP contribution in [-0.4, -0.2) is 36.4 Å². The average molecular weight is 397 g/mol. The van der Waals surface area contributed by atoms with Crippen LogP contribution in [0.25, 0.3) is 0 Å². The summed E-state index contributed by atoms with van der Waals surface area (Å²) in [7, 11) is 0. The summed E-state index contributed by atoms with van der Waals surface area (Å²) in [6, 6.07) is 2.69. The lowest BCUT2D eigenvalue weighted by molar-refractivity contribution is -0.132. The monoisotopic (exact) mass is 396 g/mol. The van der Waals surface area contributed by atoms with Crippen LogP contribution >= 0.6 is 15.9 Å². The molecule has 5 nitrogen and oxygen atoms in total. The molecule has 0 radical (unpaired) electrons. The molecule has 0 saturated carbocycles. The first kappa shape index (κ1) is 17.0. The molecular formula is C17H18BrFN2O3. The summed E-state index contributed by atoms with van der Waals surface area (Å²) in [5.41, 5.74) is 0.774. The van der Waals surface area contributed by atoms with Crippen molar-refractivity contribution in [1.82, 2.24) is 10.2 Å². The van der Waals surface area contributed by atoms with Gasteiger partial charge in [0.25, 0.3) is 0 Å². The maximum atomic E-state index is 13.5. The van der Waals surface area contributed by atoms with E-state index >= 15 is 0 Å². The minimum atomic E-state index is -0.389. The molecule has 0 bridgehead atoms. The lowest BCUT2D eigenvalue weighted by Gasteiger charge is -2.31. The van der Waals surface area contributed by atoms with Crippen LogP contribution in [0.3, 0.4) is 0 Å². The van der Waals surface area contributed by atoms with Gasteiger partial charge in [0, 0.05) is 30.6 Å². The molecule has 24 heavy (non-hydrogen) atoms. The Morgan fingerprint density at radius 3 is 2.75 bits per heavy atom. The predicted octanol–water partition coefficient (Wildman–Crippen LogP) is 2.56. The first-order chi connectivity index (χ1) is 11.5. The van der Waals surface area contributed by atoms with Gasteiger partial charge in [-0.05, 0) is 40.9 Å². The van der Waals surface area contributed by atoms with Gasteiger partial charge >= 0.3 is 0 Å². The molecule has 3 rings (SSSR count). The lowest BCUT2D eigenvalue weighted by atomic mass is 9.95. The van der Waals surface area contributed by atoms with Gasteiger partial charge in [-0.3, -0.25) is 9.59 Å². The van der Waals surface area contributed by atoms with Gasteiger partial charge < -0.3 is 15.0 Å². The SMILES string of the molecule is C=CC(=O)N1CCC(C(=O)NC2COc3cc(F)c(Br)cc32)CC1. The number of rotatable bonds is 3. The second-order valence-electron chi connectivity index (χ2n) is 5.98. The van der Waals surface area contributed by atoms with E-state index in [1.807, 2.05) is 0 Å². The number of nitrogens with one attached hydrogen (secondary N) is 1. The number of hydrogen-bond donors (Lipinski definition) is 1. The molecule has 2 aliphatic heterocycles. The molecule has 0 spiro atoms. The van der Waals surface area contributed by atoms with Crippen molar-refractivity contribution in [3.63, 3.8) is 0 Å². The van der Waals surface area contributed by atoms with E-state index in [0.717, 1.165) is 5.56 Å². The first-order valence-electron chi connectivity index (χ1n) is 7.83. The number of amides is 2. The van der Waals surface area contributed by atoms with Crippen LogP contribution in [-0.2, 0) is 9.59 Å². The summed E-state index contributed by atoms with van der Waals surface area (Å²) in [4.78, 5) is 25.8. The first-order valence-corrected chi connectivity index (χ1v) is 8.62. The third-order valence-electron chi connectivity index (χ3n) is 4.50. The van der Waals surface area contributed by atoms with E-state index in [1.165, 1.54) is 12.1 Å². The fourth-order valence-electron chi connectivity index (χ4n) is 3.10. The Bertz CT molecular complexity index is 687. The Balaban J connectivity index is 1.61. The van der Waals surface area contributed by atoms with Crippen molar-refractivity contribution >= 4 is 27.7 Å². The minimum absolute atomic E-state index is 0.0531. The Kier molecular flexibility index (Phi) is 4.89. The van der Waals surface area contributed by atoms with Crippen molar-refractivity contribution in [3.8, 4) is 5.75 Å². The summed E-state index contributed by atoms with van der Waals surface area (Å²) in [6.45, 7) is 4.88. The largest absolute Gasteiger partial charge is 0.491 e. The number of carbonyl (C=O) groups excluding carboxylic acids is 2. The van der Waals surface area contributed by atoms with Crippen molar-refractivity contribution in [1.29, 1.82) is 0 Å². The molecule has 0 aliphatic carbocycles. The van der Waals surface area contributed by atoms with Gasteiger partial charge in [0.15, 0.2) is 0 Å². The summed E-state index contributed by atoms with van der Waals surface area (Å²) >= 11 is 3.16. The molecule has 7 heteroatoms. The number of piperidine rings is 1. The number of hydrogen-bond acceptors (Lipinski definition) is 3. The topological polar surface area (TPSA) is 58.6 Å². The highest BCUT2D eigenvalue weighted by Crippen LogP contribution is 2.36. The molecule has 1 fully saturated rings. The normalized spacial score (nSPS) is 20.2. The quantitative estimate of drug-likeness (QED) is 0.798. The highest BCUT2D eigenvalue weighted by molar-refractivity contribution is 9.10. The predicted molar refractivity (Wildman–Crippen MR) is 90.0 cm³/mol. The van der Waals surface area contributed by atoms with Gasteiger partial charge in [-0.25, -0.2) is 4.39 Å². The summed E-state index contributed by atoms with van der Waals surface area (Å²) < 4.78 is 19.3. The van der Waals surface area contributed by atoms with Crippen LogP contribution in [0.1, 0.15) is 24.4 Å². The van der Waals surface area contributed by atoms with Gasteiger partial charge in [0.1, 0.15) is 18.2 Å². The van der Waals surface area contributed by atoms with E-state index in [4.69, 9.17) is 4.74 Å². The van der Waals surface area contributed by atoms with Crippen LogP contribution < -0.4 is 10.1 Å². The molecule has 1 unspecified atom stereocenters. The standard InChI is InChI=1S/C17H18BrFN2O3/c1-2-16(22)21-5-3-10(4-6-21)17(23)20-14-9-24-15-8-13(19)12(18)7-11(14)15/h2,7-8,10,14H,1,3-6,9H2,(H,20,23). The number of likely N-dealkylation sites (tertiary alicyclic amines) is 1. The average Bonchev–Trinajstić information content (AvgIpc) is 2.96. The van der Waals surface area contributed by atoms with Crippen LogP contribution in [0, 0.1) is 11.7 Å². The van der Waals surface area contributed by atoms with E-state index in [2.05, 4.69) is 27.8 Å². The van der Waals surface area contributed by atoms with Crippen LogP contribution in [0.5, 0.6) is 5.75 Å². The number of benzene rings is 1. The fourth-order valence-corrected chi connectivity index (χ4v) is 3.47. The zero-order valence-electron chi connectivity index (χ0n) is 13.1. The molecule has 1 atom stereocenters. The Hall–Kier alpha value is -1.89. The number of ether oxygens (including phenoxy) is 1. The maximum Gasteiger partial charge on any atom is 0.245 e. The molecule has 0 aromatic heterocycles. The third kappa shape index (κ3) is 3.31. The van der Waals surface area contributed by atoms with E-state index < -0.39 is 0 Å². The summed E-state index contributed by atoms with van der Waals surface area (Å²) in [5.74, 6) is -0.208. The van der Waals surface area contributed by atoms with E-state index in [-0.39, 0.29) is 29.6 Å². The molecule has 2 amide bonds. The third-order valence-corrected chi connectivity index (χ3v) is 5.11. The number of carbonyl (C=O) groups is 2. The Labute approximate surface area is 148 Å². The second kappa shape index (κ2) is 6.93. The maximum absolute atomic E-state index is 13.5. The van der Waals surface area contributed by atoms with Crippen LogP contribution in [0.2, 0.25) is 0 Å². The summed E-state index contributed by atoms with van der Waals surface area (Å²) in [5, 5.41) is 2.98. The molecule has 1 aromatic carbocycles. The van der Waals surface area contributed by atoms with Crippen molar-refractivity contribution in [2.24, 2.45) is 5.92 Å². The molecule has 2 heterocycles. The molecule has 1 N–H and O–H groups in total. The Morgan fingerprint density at radius 2 is 2.08 bits per heavy atom. The van der Waals surface area contributed by atoms with Gasteiger partial charge in [-0.15, -0.1) is 0 Å². The number of fused-ring (bicyclic) bond motifs is 1. The van der Waals surface area contributed by atoms with Crippen molar-refractivity contribution < 1.29 is 18.7 Å². The highest BCUT2D eigenvalue weighted by Gasteiger charge is 2.31. The van der Waals surface area contributed by atoms with Gasteiger partial charge in [0.05, 0.1) is 10.5 Å². The van der Waals surface area contributed by atoms with E-state index in [0.29, 0.717) is 42.8 Å². The Morgan fingerprint density at radius 1 is 1.38 bits per heavy atom. The molecule has 128 valence electrons. The van der Waals surface area contributed by atoms with Crippen molar-refractivity contribution in [3.05, 3.63) is 40.6 Å². The van der Waals surface area contributed by atoms with Gasteiger partial charge in [-0.2, -0.15) is 0 Å².